The number of esters is 4. The molecule has 13 nitrogen and oxygen atoms in total. The van der Waals surface area contributed by atoms with Crippen molar-refractivity contribution in [2.45, 2.75) is 76.8 Å². The molecule has 0 amide bonds. The monoisotopic (exact) mass is 692 g/mol. The van der Waals surface area contributed by atoms with E-state index >= 15 is 0 Å². The third-order valence-corrected chi connectivity index (χ3v) is 11.2. The highest BCUT2D eigenvalue weighted by Crippen LogP contribution is 2.66. The quantitative estimate of drug-likeness (QED) is 0.167. The number of hydrogen-bond donors (Lipinski definition) is 3. The number of aliphatic hydroxyl groups excluding tert-OH is 1. The Balaban J connectivity index is 1.24. The van der Waals surface area contributed by atoms with Gasteiger partial charge in [0.15, 0.2) is 6.10 Å². The van der Waals surface area contributed by atoms with E-state index in [2.05, 4.69) is 9.97 Å². The van der Waals surface area contributed by atoms with Gasteiger partial charge in [-0.05, 0) is 55.9 Å². The van der Waals surface area contributed by atoms with E-state index in [0.29, 0.717) is 16.8 Å². The molecule has 0 saturated heterocycles. The first-order chi connectivity index (χ1) is 23.9. The number of H-pyrrole nitrogens is 1. The molecular formula is C37H44N2O11. The van der Waals surface area contributed by atoms with Crippen molar-refractivity contribution in [2.75, 3.05) is 7.11 Å². The van der Waals surface area contributed by atoms with Crippen molar-refractivity contribution in [1.29, 1.82) is 0 Å². The number of hydrogen-bond acceptors (Lipinski definition) is 12. The van der Waals surface area contributed by atoms with Gasteiger partial charge in [-0.1, -0.05) is 38.1 Å². The van der Waals surface area contributed by atoms with Crippen LogP contribution in [0.3, 0.4) is 0 Å². The molecule has 2 saturated carbocycles. The maximum absolute atomic E-state index is 13.5. The Hall–Kier alpha value is -4.33. The number of fused-ring (bicyclic) bond motifs is 6. The number of allylic oxidation sites excluding steroid dienone is 1. The molecule has 6 rings (SSSR count). The minimum atomic E-state index is -1.51. The topological polar surface area (TPSA) is 184 Å². The molecule has 3 aliphatic carbocycles. The number of methoxy groups -OCH3 is 1. The van der Waals surface area contributed by atoms with Gasteiger partial charge >= 0.3 is 23.9 Å². The van der Waals surface area contributed by atoms with E-state index in [1.54, 1.807) is 56.6 Å². The highest BCUT2D eigenvalue weighted by atomic mass is 16.6. The van der Waals surface area contributed by atoms with Gasteiger partial charge in [0, 0.05) is 60.9 Å². The largest absolute Gasteiger partial charge is 0.457 e. The lowest BCUT2D eigenvalue weighted by molar-refractivity contribution is -0.190. The van der Waals surface area contributed by atoms with Crippen LogP contribution in [0.5, 0.6) is 0 Å². The van der Waals surface area contributed by atoms with Crippen LogP contribution in [0.4, 0.5) is 0 Å². The minimum absolute atomic E-state index is 0.0704. The van der Waals surface area contributed by atoms with E-state index < -0.39 is 83.7 Å². The first-order valence-corrected chi connectivity index (χ1v) is 17.0. The van der Waals surface area contributed by atoms with Crippen LogP contribution in [0.25, 0.3) is 0 Å². The molecule has 3 unspecified atom stereocenters. The van der Waals surface area contributed by atoms with Gasteiger partial charge in [0.1, 0.15) is 30.6 Å². The third-order valence-electron chi connectivity index (χ3n) is 11.2. The van der Waals surface area contributed by atoms with Gasteiger partial charge in [0.2, 0.25) is 0 Å². The molecule has 2 aromatic rings. The number of cyclic esters (lactones) is 1. The van der Waals surface area contributed by atoms with Crippen molar-refractivity contribution in [1.82, 2.24) is 9.97 Å². The molecule has 0 spiro atoms. The normalized spacial score (nSPS) is 37.7. The maximum Gasteiger partial charge on any atom is 0.417 e. The molecule has 0 radical (unpaired) electrons. The number of nitrogens with one attached hydrogen (secondary N) is 1. The van der Waals surface area contributed by atoms with Crippen LogP contribution in [0.2, 0.25) is 0 Å². The zero-order valence-electron chi connectivity index (χ0n) is 28.6. The molecule has 268 valence electrons. The van der Waals surface area contributed by atoms with E-state index in [-0.39, 0.29) is 30.8 Å². The molecule has 4 aliphatic rings. The average molecular weight is 693 g/mol. The van der Waals surface area contributed by atoms with Gasteiger partial charge < -0.3 is 38.9 Å². The van der Waals surface area contributed by atoms with Gasteiger partial charge in [-0.15, -0.1) is 0 Å². The van der Waals surface area contributed by atoms with Gasteiger partial charge in [0.25, 0.3) is 0 Å². The fourth-order valence-electron chi connectivity index (χ4n) is 8.71. The van der Waals surface area contributed by atoms with Crippen molar-refractivity contribution in [3.63, 3.8) is 0 Å². The minimum Gasteiger partial charge on any atom is -0.457 e. The molecule has 2 aromatic heterocycles. The van der Waals surface area contributed by atoms with Crippen molar-refractivity contribution in [3.8, 4) is 0 Å². The third kappa shape index (κ3) is 6.26. The second-order valence-corrected chi connectivity index (χ2v) is 14.0. The van der Waals surface area contributed by atoms with Gasteiger partial charge in [-0.25, -0.2) is 19.2 Å². The fraction of sp³-hybridized carbons (Fsp3) is 0.541. The molecule has 13 heteroatoms. The number of nitrogens with zero attached hydrogens (tertiary/aromatic N) is 1. The summed E-state index contributed by atoms with van der Waals surface area (Å²) in [5.41, 5.74) is -0.0170. The molecule has 2 fully saturated rings. The van der Waals surface area contributed by atoms with Gasteiger partial charge in [-0.2, -0.15) is 0 Å². The zero-order chi connectivity index (χ0) is 35.9. The predicted octanol–water partition coefficient (Wildman–Crippen LogP) is 2.93. The summed E-state index contributed by atoms with van der Waals surface area (Å²) < 4.78 is 27.9. The number of carbonyl (C=O) groups is 4. The Bertz CT molecular complexity index is 1640. The number of carbonyl (C=O) groups excluding carboxylic acids is 4. The second-order valence-electron chi connectivity index (χ2n) is 14.0. The van der Waals surface area contributed by atoms with Crippen LogP contribution in [0.1, 0.15) is 50.2 Å². The van der Waals surface area contributed by atoms with Crippen LogP contribution >= 0.6 is 0 Å². The summed E-state index contributed by atoms with van der Waals surface area (Å²) in [7, 11) is 1.37. The number of aromatic amines is 1. The average Bonchev–Trinajstić information content (AvgIpc) is 3.70. The molecule has 50 heavy (non-hydrogen) atoms. The van der Waals surface area contributed by atoms with E-state index in [4.69, 9.17) is 23.7 Å². The summed E-state index contributed by atoms with van der Waals surface area (Å²) in [5.74, 6) is -6.52. The van der Waals surface area contributed by atoms with E-state index in [1.807, 2.05) is 19.1 Å². The summed E-state index contributed by atoms with van der Waals surface area (Å²) in [6.45, 7) is 6.75. The van der Waals surface area contributed by atoms with Gasteiger partial charge in [0.05, 0.1) is 11.7 Å². The van der Waals surface area contributed by atoms with Crippen LogP contribution in [0.15, 0.2) is 66.7 Å². The molecule has 1 aliphatic heterocycles. The molecule has 3 N–H and O–H groups in total. The Kier molecular flexibility index (Phi) is 10.0. The Morgan fingerprint density at radius 3 is 2.60 bits per heavy atom. The van der Waals surface area contributed by atoms with E-state index in [1.165, 1.54) is 20.2 Å². The molecule has 3 heterocycles. The van der Waals surface area contributed by atoms with Crippen LogP contribution in [0, 0.1) is 41.4 Å². The lowest BCUT2D eigenvalue weighted by Gasteiger charge is -2.61. The lowest BCUT2D eigenvalue weighted by atomic mass is 9.46. The summed E-state index contributed by atoms with van der Waals surface area (Å²) in [6, 6.07) is 6.70. The van der Waals surface area contributed by atoms with Crippen molar-refractivity contribution < 1.29 is 53.1 Å². The molecular weight excluding hydrogens is 648 g/mol. The maximum atomic E-state index is 13.5. The number of rotatable bonds is 7. The zero-order valence-corrected chi connectivity index (χ0v) is 28.6. The van der Waals surface area contributed by atoms with E-state index in [0.717, 1.165) is 0 Å². The van der Waals surface area contributed by atoms with Crippen molar-refractivity contribution in [3.05, 3.63) is 77.9 Å². The van der Waals surface area contributed by atoms with Crippen molar-refractivity contribution in [2.24, 2.45) is 41.4 Å². The second kappa shape index (κ2) is 14.1. The van der Waals surface area contributed by atoms with Crippen molar-refractivity contribution >= 4 is 23.9 Å². The van der Waals surface area contributed by atoms with Crippen LogP contribution in [-0.2, 0) is 44.7 Å². The Morgan fingerprint density at radius 1 is 1.14 bits per heavy atom. The highest BCUT2D eigenvalue weighted by Gasteiger charge is 2.71. The SMILES string of the molecule is CO[C@H]1C[C@H]2C=CC3C(C4[C@H]3[C@H](OC(=O)c3ccc[nH]3)[C@H](C)[C@H]4O)[C@]2(O)/C(C)=C/[C@@H](C)[C@@H]([C@@H](C)OC(=O)C(=O)OCc2cccnc2)OC1=O. The summed E-state index contributed by atoms with van der Waals surface area (Å²) in [4.78, 5) is 58.5. The van der Waals surface area contributed by atoms with Crippen LogP contribution in [-0.4, -0.2) is 87.3 Å². The standard InChI is InChI=1S/C37H44N2O11/c1-18-14-19(2)37(45)23(10-11-24-27-28(29(24)37)30(40)20(3)32(27)50-33(41)25-9-7-13-39-25)15-26(46-5)34(42)49-31(18)21(4)48-36(44)35(43)47-17-22-8-6-12-38-16-22/h6-14,16,18,20-21,23-24,26-32,39-40,45H,15,17H2,1-5H3/b19-14+/t18-,20-,21-,23-,24?,26+,27+,28?,29?,30-,31+,32-,37+/m1/s1. The number of ether oxygens (including phenoxy) is 5. The van der Waals surface area contributed by atoms with E-state index in [9.17, 15) is 29.4 Å². The lowest BCUT2D eigenvalue weighted by Crippen LogP contribution is -2.65. The molecule has 0 bridgehead atoms. The Morgan fingerprint density at radius 2 is 1.92 bits per heavy atom. The molecule has 13 atom stereocenters. The predicted molar refractivity (Wildman–Crippen MR) is 175 cm³/mol. The first-order valence-electron chi connectivity index (χ1n) is 17.0. The Labute approximate surface area is 290 Å². The summed E-state index contributed by atoms with van der Waals surface area (Å²) in [5, 5.41) is 24.4. The number of aromatic nitrogens is 2. The highest BCUT2D eigenvalue weighted by molar-refractivity contribution is 6.29. The summed E-state index contributed by atoms with van der Waals surface area (Å²) >= 11 is 0. The molecule has 0 aromatic carbocycles. The number of aliphatic hydroxyl groups is 2. The fourth-order valence-corrected chi connectivity index (χ4v) is 8.71. The first kappa shape index (κ1) is 35.5. The summed E-state index contributed by atoms with van der Waals surface area (Å²) in [6.07, 6.45) is 5.81. The number of pyridine rings is 1. The van der Waals surface area contributed by atoms with Crippen LogP contribution < -0.4 is 0 Å². The van der Waals surface area contributed by atoms with Gasteiger partial charge in [-0.3, -0.25) is 4.98 Å². The smallest absolute Gasteiger partial charge is 0.417 e.